The van der Waals surface area contributed by atoms with E-state index in [0.717, 1.165) is 5.56 Å². The summed E-state index contributed by atoms with van der Waals surface area (Å²) in [5, 5.41) is 23.4. The number of methoxy groups -OCH3 is 1. The van der Waals surface area contributed by atoms with Crippen LogP contribution in [0, 0.1) is 0 Å². The van der Waals surface area contributed by atoms with Gasteiger partial charge in [-0.3, -0.25) is 14.4 Å². The molecule has 3 N–H and O–H groups in total. The number of carbonyl (C=O) groups is 3. The fraction of sp³-hybridized carbons (Fsp3) is 0.423. The lowest BCUT2D eigenvalue weighted by atomic mass is 9.77. The van der Waals surface area contributed by atoms with Crippen molar-refractivity contribution in [1.82, 2.24) is 10.2 Å². The van der Waals surface area contributed by atoms with Crippen LogP contribution in [-0.4, -0.2) is 71.7 Å². The first-order valence-electron chi connectivity index (χ1n) is 11.9. The highest BCUT2D eigenvalue weighted by Crippen LogP contribution is 2.51. The zero-order chi connectivity index (χ0) is 25.8. The molecule has 1 aliphatic heterocycles. The number of fused-ring (bicyclic) bond motifs is 3. The number of carbonyl (C=O) groups excluding carboxylic acids is 3. The second kappa shape index (κ2) is 11.0. The summed E-state index contributed by atoms with van der Waals surface area (Å²) in [4.78, 5) is 39.5. The lowest BCUT2D eigenvalue weighted by Gasteiger charge is -2.40. The molecular weight excluding hydrogens is 468 g/mol. The van der Waals surface area contributed by atoms with Crippen LogP contribution in [0.15, 0.2) is 46.8 Å². The van der Waals surface area contributed by atoms with E-state index in [0.29, 0.717) is 35.3 Å². The van der Waals surface area contributed by atoms with Crippen LogP contribution in [0.1, 0.15) is 47.2 Å². The molecule has 0 spiro atoms. The highest BCUT2D eigenvalue weighted by atomic mass is 16.5. The number of furan rings is 1. The van der Waals surface area contributed by atoms with Gasteiger partial charge in [0.2, 0.25) is 11.8 Å². The minimum Gasteiger partial charge on any atom is -0.493 e. The van der Waals surface area contributed by atoms with Gasteiger partial charge >= 0.3 is 0 Å². The standard InChI is InChI=1S/C26H30N2O8/c1-3-4-21(31)28(12-15-5-8-35-14-15)19-11-18(26(33)27-6-7-29)22-17-9-16(13-30)10-20(34-2)24(17)36-25(22)23(19)32/h5,8-11,13-14,19,22-23,25,29,32H,3-4,6-7,12H2,1-2H3,(H,27,33). The van der Waals surface area contributed by atoms with Gasteiger partial charge in [-0.1, -0.05) is 6.92 Å². The molecule has 10 nitrogen and oxygen atoms in total. The average Bonchev–Trinajstić information content (AvgIpc) is 3.54. The van der Waals surface area contributed by atoms with Gasteiger partial charge in [0.1, 0.15) is 18.5 Å². The van der Waals surface area contributed by atoms with Crippen LogP contribution < -0.4 is 14.8 Å². The number of ether oxygens (including phenoxy) is 2. The first-order valence-corrected chi connectivity index (χ1v) is 11.9. The van der Waals surface area contributed by atoms with E-state index >= 15 is 0 Å². The molecule has 0 radical (unpaired) electrons. The smallest absolute Gasteiger partial charge is 0.247 e. The van der Waals surface area contributed by atoms with Gasteiger partial charge in [0.05, 0.1) is 38.2 Å². The predicted molar refractivity (Wildman–Crippen MR) is 128 cm³/mol. The Hall–Kier alpha value is -3.63. The molecule has 2 heterocycles. The third-order valence-electron chi connectivity index (χ3n) is 6.49. The largest absolute Gasteiger partial charge is 0.493 e. The summed E-state index contributed by atoms with van der Waals surface area (Å²) in [7, 11) is 1.44. The van der Waals surface area contributed by atoms with Crippen LogP contribution in [0.4, 0.5) is 0 Å². The molecule has 0 saturated carbocycles. The van der Waals surface area contributed by atoms with E-state index < -0.39 is 30.1 Å². The maximum atomic E-state index is 13.3. The van der Waals surface area contributed by atoms with Crippen molar-refractivity contribution in [2.45, 2.75) is 50.5 Å². The molecule has 4 unspecified atom stereocenters. The number of aliphatic hydroxyl groups excluding tert-OH is 2. The zero-order valence-electron chi connectivity index (χ0n) is 20.2. The average molecular weight is 499 g/mol. The highest BCUT2D eigenvalue weighted by Gasteiger charge is 2.51. The third-order valence-corrected chi connectivity index (χ3v) is 6.49. The number of hydrogen-bond donors (Lipinski definition) is 3. The van der Waals surface area contributed by atoms with Crippen LogP contribution in [0.5, 0.6) is 11.5 Å². The van der Waals surface area contributed by atoms with Crippen molar-refractivity contribution in [1.29, 1.82) is 0 Å². The molecule has 2 amide bonds. The van der Waals surface area contributed by atoms with E-state index in [9.17, 15) is 24.6 Å². The molecule has 4 atom stereocenters. The zero-order valence-corrected chi connectivity index (χ0v) is 20.2. The maximum absolute atomic E-state index is 13.3. The molecule has 36 heavy (non-hydrogen) atoms. The van der Waals surface area contributed by atoms with Crippen LogP contribution in [-0.2, 0) is 16.1 Å². The van der Waals surface area contributed by atoms with Gasteiger partial charge in [-0.2, -0.15) is 0 Å². The Labute approximate surface area is 208 Å². The number of benzene rings is 1. The van der Waals surface area contributed by atoms with E-state index in [1.807, 2.05) is 6.92 Å². The quantitative estimate of drug-likeness (QED) is 0.420. The Balaban J connectivity index is 1.81. The van der Waals surface area contributed by atoms with Gasteiger partial charge in [0, 0.05) is 41.8 Å². The molecule has 1 aliphatic carbocycles. The van der Waals surface area contributed by atoms with Crippen molar-refractivity contribution in [3.63, 3.8) is 0 Å². The molecule has 2 aliphatic rings. The Morgan fingerprint density at radius 2 is 2.11 bits per heavy atom. The molecule has 4 rings (SSSR count). The van der Waals surface area contributed by atoms with Crippen molar-refractivity contribution < 1.29 is 38.5 Å². The van der Waals surface area contributed by atoms with Gasteiger partial charge in [0.25, 0.3) is 0 Å². The van der Waals surface area contributed by atoms with Gasteiger partial charge in [-0.25, -0.2) is 0 Å². The highest BCUT2D eigenvalue weighted by molar-refractivity contribution is 5.96. The predicted octanol–water partition coefficient (Wildman–Crippen LogP) is 1.55. The van der Waals surface area contributed by atoms with E-state index in [1.54, 1.807) is 18.2 Å². The number of amides is 2. The number of aldehydes is 1. The topological polar surface area (TPSA) is 139 Å². The first kappa shape index (κ1) is 25.5. The van der Waals surface area contributed by atoms with E-state index in [2.05, 4.69) is 5.32 Å². The summed E-state index contributed by atoms with van der Waals surface area (Å²) in [6, 6.07) is 4.00. The molecule has 0 saturated heterocycles. The van der Waals surface area contributed by atoms with Crippen molar-refractivity contribution in [3.8, 4) is 11.5 Å². The summed E-state index contributed by atoms with van der Waals surface area (Å²) in [5.41, 5.74) is 1.88. The fourth-order valence-electron chi connectivity index (χ4n) is 4.86. The minimum absolute atomic E-state index is 0.0275. The van der Waals surface area contributed by atoms with Crippen LogP contribution in [0.2, 0.25) is 0 Å². The van der Waals surface area contributed by atoms with Crippen molar-refractivity contribution in [2.75, 3.05) is 20.3 Å². The lowest BCUT2D eigenvalue weighted by Crippen LogP contribution is -2.55. The van der Waals surface area contributed by atoms with Gasteiger partial charge in [-0.15, -0.1) is 0 Å². The Bertz CT molecular complexity index is 1140. The first-order chi connectivity index (χ1) is 17.4. The summed E-state index contributed by atoms with van der Waals surface area (Å²) in [6.07, 6.45) is 4.05. The van der Waals surface area contributed by atoms with Gasteiger partial charge in [0.15, 0.2) is 11.5 Å². The fourth-order valence-corrected chi connectivity index (χ4v) is 4.86. The Kier molecular flexibility index (Phi) is 7.76. The van der Waals surface area contributed by atoms with E-state index in [1.165, 1.54) is 30.6 Å². The summed E-state index contributed by atoms with van der Waals surface area (Å²) in [5.74, 6) is -0.728. The second-order valence-electron chi connectivity index (χ2n) is 8.81. The normalized spacial score (nSPS) is 22.1. The Morgan fingerprint density at radius 3 is 2.75 bits per heavy atom. The van der Waals surface area contributed by atoms with Crippen LogP contribution in [0.25, 0.3) is 0 Å². The molecule has 0 bridgehead atoms. The second-order valence-corrected chi connectivity index (χ2v) is 8.81. The minimum atomic E-state index is -1.19. The SMILES string of the molecule is CCCC(=O)N(Cc1ccoc1)C1C=C(C(=O)NCCO)C2c3cc(C=O)cc(OC)c3OC2C1O. The summed E-state index contributed by atoms with van der Waals surface area (Å²) in [6.45, 7) is 1.83. The monoisotopic (exact) mass is 498 g/mol. The van der Waals surface area contributed by atoms with E-state index in [-0.39, 0.29) is 37.6 Å². The summed E-state index contributed by atoms with van der Waals surface area (Å²) >= 11 is 0. The molecule has 1 aromatic carbocycles. The Morgan fingerprint density at radius 1 is 1.31 bits per heavy atom. The summed E-state index contributed by atoms with van der Waals surface area (Å²) < 4.78 is 16.8. The molecule has 10 heteroatoms. The van der Waals surface area contributed by atoms with Crippen LogP contribution >= 0.6 is 0 Å². The van der Waals surface area contributed by atoms with Crippen molar-refractivity contribution >= 4 is 18.1 Å². The number of nitrogens with one attached hydrogen (secondary N) is 1. The lowest BCUT2D eigenvalue weighted by molar-refractivity contribution is -0.138. The van der Waals surface area contributed by atoms with Crippen molar-refractivity contribution in [3.05, 3.63) is 59.1 Å². The van der Waals surface area contributed by atoms with E-state index in [4.69, 9.17) is 13.9 Å². The molecular formula is C26H30N2O8. The molecule has 192 valence electrons. The maximum Gasteiger partial charge on any atom is 0.247 e. The molecule has 1 aromatic heterocycles. The van der Waals surface area contributed by atoms with Crippen LogP contribution in [0.3, 0.4) is 0 Å². The molecule has 0 fully saturated rings. The third kappa shape index (κ3) is 4.74. The number of nitrogens with zero attached hydrogens (tertiary/aromatic N) is 1. The van der Waals surface area contributed by atoms with Crippen molar-refractivity contribution in [2.24, 2.45) is 0 Å². The number of aliphatic hydroxyl groups is 2. The molecule has 2 aromatic rings. The van der Waals surface area contributed by atoms with Gasteiger partial charge < -0.3 is 34.3 Å². The number of hydrogen-bond acceptors (Lipinski definition) is 8. The van der Waals surface area contributed by atoms with Gasteiger partial charge in [-0.05, 0) is 30.7 Å². The number of rotatable bonds is 10.